The lowest BCUT2D eigenvalue weighted by Crippen LogP contribution is -2.47. The Bertz CT molecular complexity index is 541. The largest absolute Gasteiger partial charge is 0.496 e. The van der Waals surface area contributed by atoms with E-state index in [1.807, 2.05) is 4.90 Å². The number of piperidine rings is 1. The Balaban J connectivity index is 1.81. The van der Waals surface area contributed by atoms with Gasteiger partial charge in [0.05, 0.1) is 12.7 Å². The molecule has 0 radical (unpaired) electrons. The molecule has 0 saturated carbocycles. The number of hydrogen-bond acceptors (Lipinski definition) is 3. The molecule has 1 amide bonds. The summed E-state index contributed by atoms with van der Waals surface area (Å²) in [7, 11) is 1.57. The fourth-order valence-corrected chi connectivity index (χ4v) is 3.70. The Morgan fingerprint density at radius 2 is 2.29 bits per heavy atom. The molecule has 4 nitrogen and oxygen atoms in total. The second-order valence-corrected chi connectivity index (χ2v) is 6.54. The summed E-state index contributed by atoms with van der Waals surface area (Å²) >= 11 is 5.97. The van der Waals surface area contributed by atoms with Crippen molar-refractivity contribution in [2.75, 3.05) is 33.3 Å². The lowest BCUT2D eigenvalue weighted by atomic mass is 9.79. The highest BCUT2D eigenvalue weighted by Crippen LogP contribution is 2.36. The van der Waals surface area contributed by atoms with Gasteiger partial charge < -0.3 is 15.0 Å². The maximum atomic E-state index is 12.8. The molecular formula is C16H21ClN2O2. The molecule has 1 aromatic rings. The Hall–Kier alpha value is -1.26. The minimum Gasteiger partial charge on any atom is -0.496 e. The molecule has 0 unspecified atom stereocenters. The molecule has 1 spiro atoms. The topological polar surface area (TPSA) is 41.6 Å². The van der Waals surface area contributed by atoms with Crippen molar-refractivity contribution in [3.63, 3.8) is 0 Å². The van der Waals surface area contributed by atoms with Crippen LogP contribution in [0.15, 0.2) is 18.2 Å². The highest BCUT2D eigenvalue weighted by Gasteiger charge is 2.39. The summed E-state index contributed by atoms with van der Waals surface area (Å²) in [6.45, 7) is 3.75. The monoisotopic (exact) mass is 308 g/mol. The molecule has 0 aromatic heterocycles. The third-order valence-corrected chi connectivity index (χ3v) is 4.91. The van der Waals surface area contributed by atoms with Crippen molar-refractivity contribution in [3.8, 4) is 5.75 Å². The Kier molecular flexibility index (Phi) is 4.09. The van der Waals surface area contributed by atoms with E-state index in [0.29, 0.717) is 16.3 Å². The van der Waals surface area contributed by atoms with Gasteiger partial charge in [-0.15, -0.1) is 0 Å². The zero-order chi connectivity index (χ0) is 14.9. The molecule has 1 aromatic carbocycles. The molecule has 3 rings (SSSR count). The number of benzene rings is 1. The zero-order valence-corrected chi connectivity index (χ0v) is 13.1. The summed E-state index contributed by atoms with van der Waals surface area (Å²) in [5.74, 6) is 0.603. The van der Waals surface area contributed by atoms with Crippen LogP contribution in [0.2, 0.25) is 5.02 Å². The molecule has 2 fully saturated rings. The number of nitrogens with zero attached hydrogens (tertiary/aromatic N) is 1. The molecule has 114 valence electrons. The molecule has 5 heteroatoms. The summed E-state index contributed by atoms with van der Waals surface area (Å²) in [6, 6.07) is 5.21. The molecule has 0 aliphatic carbocycles. The number of hydrogen-bond donors (Lipinski definition) is 1. The second kappa shape index (κ2) is 5.85. The van der Waals surface area contributed by atoms with Gasteiger partial charge in [0.2, 0.25) is 0 Å². The van der Waals surface area contributed by atoms with Gasteiger partial charge in [0.1, 0.15) is 5.75 Å². The first kappa shape index (κ1) is 14.7. The van der Waals surface area contributed by atoms with E-state index < -0.39 is 0 Å². The predicted molar refractivity (Wildman–Crippen MR) is 83.1 cm³/mol. The Morgan fingerprint density at radius 1 is 1.43 bits per heavy atom. The maximum Gasteiger partial charge on any atom is 0.257 e. The number of ether oxygens (including phenoxy) is 1. The minimum absolute atomic E-state index is 0.0505. The fourth-order valence-electron chi connectivity index (χ4n) is 3.54. The van der Waals surface area contributed by atoms with E-state index in [9.17, 15) is 4.79 Å². The van der Waals surface area contributed by atoms with Crippen molar-refractivity contribution in [3.05, 3.63) is 28.8 Å². The Morgan fingerprint density at radius 3 is 3.00 bits per heavy atom. The van der Waals surface area contributed by atoms with Gasteiger partial charge in [-0.1, -0.05) is 11.6 Å². The number of likely N-dealkylation sites (tertiary alicyclic amines) is 1. The van der Waals surface area contributed by atoms with Gasteiger partial charge in [0.25, 0.3) is 5.91 Å². The summed E-state index contributed by atoms with van der Waals surface area (Å²) < 4.78 is 5.31. The molecular weight excluding hydrogens is 288 g/mol. The number of amides is 1. The van der Waals surface area contributed by atoms with E-state index in [4.69, 9.17) is 16.3 Å². The molecule has 21 heavy (non-hydrogen) atoms. The van der Waals surface area contributed by atoms with Gasteiger partial charge in [-0.05, 0) is 44.0 Å². The highest BCUT2D eigenvalue weighted by atomic mass is 35.5. The van der Waals surface area contributed by atoms with Gasteiger partial charge in [0, 0.05) is 30.1 Å². The number of rotatable bonds is 2. The molecule has 2 aliphatic rings. The molecule has 1 atom stereocenters. The van der Waals surface area contributed by atoms with Crippen LogP contribution in [0.4, 0.5) is 0 Å². The van der Waals surface area contributed by atoms with Gasteiger partial charge >= 0.3 is 0 Å². The SMILES string of the molecule is COc1cc(Cl)ccc1C(=O)N1CCC[C@]2(CCNC2)C1. The third-order valence-electron chi connectivity index (χ3n) is 4.67. The van der Waals surface area contributed by atoms with Crippen molar-refractivity contribution >= 4 is 17.5 Å². The fraction of sp³-hybridized carbons (Fsp3) is 0.562. The molecule has 0 bridgehead atoms. The quantitative estimate of drug-likeness (QED) is 0.913. The van der Waals surface area contributed by atoms with Crippen LogP contribution in [0, 0.1) is 5.41 Å². The van der Waals surface area contributed by atoms with Gasteiger partial charge in [-0.25, -0.2) is 0 Å². The number of halogens is 1. The van der Waals surface area contributed by atoms with Gasteiger partial charge in [-0.2, -0.15) is 0 Å². The van der Waals surface area contributed by atoms with Crippen LogP contribution < -0.4 is 10.1 Å². The first-order chi connectivity index (χ1) is 10.1. The number of nitrogens with one attached hydrogen (secondary N) is 1. The number of carbonyl (C=O) groups is 1. The van der Waals surface area contributed by atoms with E-state index in [-0.39, 0.29) is 11.3 Å². The highest BCUT2D eigenvalue weighted by molar-refractivity contribution is 6.30. The van der Waals surface area contributed by atoms with E-state index in [0.717, 1.165) is 39.0 Å². The van der Waals surface area contributed by atoms with E-state index in [2.05, 4.69) is 5.32 Å². The van der Waals surface area contributed by atoms with Crippen LogP contribution >= 0.6 is 11.6 Å². The summed E-state index contributed by atoms with van der Waals surface area (Å²) in [4.78, 5) is 14.8. The number of carbonyl (C=O) groups excluding carboxylic acids is 1. The van der Waals surface area contributed by atoms with Crippen LogP contribution in [0.1, 0.15) is 29.6 Å². The normalized spacial score (nSPS) is 25.3. The predicted octanol–water partition coefficient (Wildman–Crippen LogP) is 2.56. The van der Waals surface area contributed by atoms with Crippen LogP contribution in [0.3, 0.4) is 0 Å². The van der Waals surface area contributed by atoms with Crippen molar-refractivity contribution in [2.45, 2.75) is 19.3 Å². The molecule has 2 saturated heterocycles. The van der Waals surface area contributed by atoms with Crippen LogP contribution in [0.5, 0.6) is 5.75 Å². The van der Waals surface area contributed by atoms with Crippen LogP contribution in [-0.2, 0) is 0 Å². The summed E-state index contributed by atoms with van der Waals surface area (Å²) in [6.07, 6.45) is 3.44. The maximum absolute atomic E-state index is 12.8. The van der Waals surface area contributed by atoms with Crippen LogP contribution in [-0.4, -0.2) is 44.1 Å². The zero-order valence-electron chi connectivity index (χ0n) is 12.3. The van der Waals surface area contributed by atoms with Crippen LogP contribution in [0.25, 0.3) is 0 Å². The summed E-state index contributed by atoms with van der Waals surface area (Å²) in [5, 5.41) is 4.01. The van der Waals surface area contributed by atoms with Crippen molar-refractivity contribution in [1.29, 1.82) is 0 Å². The lowest BCUT2D eigenvalue weighted by Gasteiger charge is -2.40. The van der Waals surface area contributed by atoms with Gasteiger partial charge in [-0.3, -0.25) is 4.79 Å². The molecule has 1 N–H and O–H groups in total. The lowest BCUT2D eigenvalue weighted by molar-refractivity contribution is 0.0550. The standard InChI is InChI=1S/C16H21ClN2O2/c1-21-14-9-12(17)3-4-13(14)15(20)19-8-2-5-16(11-19)6-7-18-10-16/h3-4,9,18H,2,5-8,10-11H2,1H3/t16-/m1/s1. The van der Waals surface area contributed by atoms with Crippen molar-refractivity contribution in [1.82, 2.24) is 10.2 Å². The third kappa shape index (κ3) is 2.87. The second-order valence-electron chi connectivity index (χ2n) is 6.10. The van der Waals surface area contributed by atoms with E-state index in [1.165, 1.54) is 6.42 Å². The van der Waals surface area contributed by atoms with Crippen molar-refractivity contribution in [2.24, 2.45) is 5.41 Å². The first-order valence-electron chi connectivity index (χ1n) is 7.47. The Labute approximate surface area is 130 Å². The minimum atomic E-state index is 0.0505. The smallest absolute Gasteiger partial charge is 0.257 e. The molecule has 2 aliphatic heterocycles. The average molecular weight is 309 g/mol. The first-order valence-corrected chi connectivity index (χ1v) is 7.85. The average Bonchev–Trinajstić information content (AvgIpc) is 2.94. The van der Waals surface area contributed by atoms with Crippen molar-refractivity contribution < 1.29 is 9.53 Å². The number of methoxy groups -OCH3 is 1. The van der Waals surface area contributed by atoms with E-state index >= 15 is 0 Å². The molecule has 2 heterocycles. The van der Waals surface area contributed by atoms with Gasteiger partial charge in [0.15, 0.2) is 0 Å². The summed E-state index contributed by atoms with van der Waals surface area (Å²) in [5.41, 5.74) is 0.873. The van der Waals surface area contributed by atoms with E-state index in [1.54, 1.807) is 25.3 Å².